The van der Waals surface area contributed by atoms with Gasteiger partial charge in [-0.3, -0.25) is 19.3 Å². The van der Waals surface area contributed by atoms with Crippen molar-refractivity contribution in [1.82, 2.24) is 20.4 Å². The van der Waals surface area contributed by atoms with Gasteiger partial charge in [0.1, 0.15) is 47.9 Å². The third-order valence-electron chi connectivity index (χ3n) is 10.3. The van der Waals surface area contributed by atoms with Gasteiger partial charge in [0, 0.05) is 7.05 Å². The Morgan fingerprint density at radius 1 is 0.942 bits per heavy atom. The zero-order valence-corrected chi connectivity index (χ0v) is 32.1. The summed E-state index contributed by atoms with van der Waals surface area (Å²) in [5, 5.41) is 5.95. The fourth-order valence-corrected chi connectivity index (χ4v) is 6.98. The molecule has 52 heavy (non-hydrogen) atoms. The zero-order chi connectivity index (χ0) is 38.2. The minimum atomic E-state index is -0.949. The normalized spacial score (nSPS) is 20.3. The summed E-state index contributed by atoms with van der Waals surface area (Å²) < 4.78 is 17.2. The van der Waals surface area contributed by atoms with Crippen molar-refractivity contribution < 1.29 is 37.9 Å². The van der Waals surface area contributed by atoms with Crippen LogP contribution in [0.5, 0.6) is 0 Å². The molecule has 0 spiro atoms. The number of carbonyl (C=O) groups excluding carboxylic acids is 5. The second-order valence-electron chi connectivity index (χ2n) is 15.4. The first-order chi connectivity index (χ1) is 24.6. The van der Waals surface area contributed by atoms with Gasteiger partial charge in [0.2, 0.25) is 17.7 Å². The second-order valence-corrected chi connectivity index (χ2v) is 15.4. The van der Waals surface area contributed by atoms with Crippen molar-refractivity contribution in [2.24, 2.45) is 11.8 Å². The molecule has 0 bridgehead atoms. The monoisotopic (exact) mass is 722 g/mol. The molecular weight excluding hydrogens is 664 g/mol. The number of likely N-dealkylation sites (N-methyl/N-ethyl adjacent to an activating group) is 1. The number of benzene rings is 1. The number of rotatable bonds is 13. The number of nitrogens with zero attached hydrogens (tertiary/aromatic N) is 2. The molecule has 2 fully saturated rings. The van der Waals surface area contributed by atoms with Gasteiger partial charge in [-0.15, -0.1) is 0 Å². The molecule has 2 aromatic rings. The highest BCUT2D eigenvalue weighted by Crippen LogP contribution is 2.39. The lowest BCUT2D eigenvalue weighted by Crippen LogP contribution is -2.60. The predicted octanol–water partition coefficient (Wildman–Crippen LogP) is 6.21. The molecule has 1 saturated carbocycles. The third-order valence-corrected chi connectivity index (χ3v) is 10.3. The van der Waals surface area contributed by atoms with Gasteiger partial charge in [-0.2, -0.15) is 0 Å². The van der Waals surface area contributed by atoms with Crippen LogP contribution in [0.4, 0.5) is 4.79 Å². The van der Waals surface area contributed by atoms with Crippen molar-refractivity contribution >= 4 is 29.8 Å². The van der Waals surface area contributed by atoms with Crippen LogP contribution in [0, 0.1) is 18.8 Å². The van der Waals surface area contributed by atoms with E-state index >= 15 is 0 Å². The fraction of sp³-hybridized carbons (Fsp3) is 0.625. The van der Waals surface area contributed by atoms with Crippen molar-refractivity contribution in [3.8, 4) is 0 Å². The fourth-order valence-electron chi connectivity index (χ4n) is 6.98. The largest absolute Gasteiger partial charge is 0.464 e. The van der Waals surface area contributed by atoms with Crippen LogP contribution < -0.4 is 10.6 Å². The summed E-state index contributed by atoms with van der Waals surface area (Å²) in [6.45, 7) is 12.5. The van der Waals surface area contributed by atoms with Crippen LogP contribution in [0.15, 0.2) is 46.9 Å². The maximum Gasteiger partial charge on any atom is 0.410 e. The lowest BCUT2D eigenvalue weighted by atomic mass is 9.83. The minimum absolute atomic E-state index is 0.0702. The molecule has 0 radical (unpaired) electrons. The molecule has 4 rings (SSSR count). The molecule has 0 unspecified atom stereocenters. The molecule has 2 heterocycles. The summed E-state index contributed by atoms with van der Waals surface area (Å²) in [4.78, 5) is 72.1. The van der Waals surface area contributed by atoms with E-state index in [4.69, 9.17) is 13.9 Å². The molecule has 2 aliphatic rings. The first-order valence-corrected chi connectivity index (χ1v) is 18.8. The second kappa shape index (κ2) is 17.9. The van der Waals surface area contributed by atoms with E-state index < -0.39 is 65.6 Å². The van der Waals surface area contributed by atoms with Gasteiger partial charge in [0.05, 0.1) is 6.04 Å². The predicted molar refractivity (Wildman–Crippen MR) is 196 cm³/mol. The van der Waals surface area contributed by atoms with Crippen LogP contribution in [-0.2, 0) is 35.3 Å². The molecule has 2 N–H and O–H groups in total. The Labute approximate surface area is 308 Å². The summed E-state index contributed by atoms with van der Waals surface area (Å²) in [6.07, 6.45) is 5.04. The van der Waals surface area contributed by atoms with Crippen LogP contribution in [0.1, 0.15) is 116 Å². The number of esters is 1. The first-order valence-electron chi connectivity index (χ1n) is 18.8. The Kier molecular flexibility index (Phi) is 13.9. The third kappa shape index (κ3) is 10.4. The molecule has 1 aromatic heterocycles. The Bertz CT molecular complexity index is 1530. The average Bonchev–Trinajstić information content (AvgIpc) is 3.77. The summed E-state index contributed by atoms with van der Waals surface area (Å²) in [6, 6.07) is 8.66. The summed E-state index contributed by atoms with van der Waals surface area (Å²) >= 11 is 0. The van der Waals surface area contributed by atoms with Gasteiger partial charge >= 0.3 is 12.1 Å². The quantitative estimate of drug-likeness (QED) is 0.232. The van der Waals surface area contributed by atoms with E-state index in [1.165, 1.54) is 11.9 Å². The van der Waals surface area contributed by atoms with Crippen LogP contribution in [-0.4, -0.2) is 76.4 Å². The van der Waals surface area contributed by atoms with Crippen LogP contribution in [0.25, 0.3) is 0 Å². The molecule has 4 amide bonds. The average molecular weight is 723 g/mol. The molecule has 12 heteroatoms. The number of hydrogen-bond acceptors (Lipinski definition) is 8. The van der Waals surface area contributed by atoms with Gasteiger partial charge in [0.25, 0.3) is 0 Å². The molecule has 1 aliphatic heterocycles. The van der Waals surface area contributed by atoms with E-state index in [1.54, 1.807) is 32.6 Å². The maximum atomic E-state index is 15.0. The number of furan rings is 1. The Morgan fingerprint density at radius 2 is 1.62 bits per heavy atom. The van der Waals surface area contributed by atoms with E-state index in [2.05, 4.69) is 10.6 Å². The Morgan fingerprint density at radius 3 is 2.21 bits per heavy atom. The van der Waals surface area contributed by atoms with E-state index in [0.29, 0.717) is 30.8 Å². The lowest BCUT2D eigenvalue weighted by molar-refractivity contribution is -0.152. The van der Waals surface area contributed by atoms with Crippen molar-refractivity contribution in [3.63, 3.8) is 0 Å². The standard InChI is InChI=1S/C40H58N4O8/c1-9-25(2)33(38(48)50-24-28-16-12-10-13-17-28)41-36(46)31-22-21-30(32-23-20-26(3)51-32)44(31)37(47)34(29-18-14-11-15-19-29)42-35(45)27(4)43(8)39(49)52-40(5,6)7/h10,12-13,16-17,20,23,25,27,29-31,33-34H,9,11,14-15,18-19,21-22,24H2,1-8H3,(H,41,46)(H,42,45)/t25-,27-,30+,31-,33-,34-/m0/s1. The van der Waals surface area contributed by atoms with Crippen molar-refractivity contribution in [3.05, 3.63) is 59.5 Å². The maximum absolute atomic E-state index is 15.0. The van der Waals surface area contributed by atoms with Gasteiger partial charge in [0.15, 0.2) is 0 Å². The number of amides is 4. The summed E-state index contributed by atoms with van der Waals surface area (Å²) in [7, 11) is 1.49. The molecule has 6 atom stereocenters. The smallest absolute Gasteiger partial charge is 0.410 e. The van der Waals surface area contributed by atoms with Gasteiger partial charge in [-0.25, -0.2) is 9.59 Å². The molecule has 1 aromatic carbocycles. The molecule has 286 valence electrons. The highest BCUT2D eigenvalue weighted by atomic mass is 16.6. The Hall–Kier alpha value is -4.35. The number of ether oxygens (including phenoxy) is 2. The van der Waals surface area contributed by atoms with Crippen molar-refractivity contribution in [2.45, 2.75) is 142 Å². The molecule has 1 saturated heterocycles. The highest BCUT2D eigenvalue weighted by Gasteiger charge is 2.48. The van der Waals surface area contributed by atoms with Crippen LogP contribution >= 0.6 is 0 Å². The Balaban J connectivity index is 1.62. The van der Waals surface area contributed by atoms with E-state index in [0.717, 1.165) is 37.7 Å². The number of hydrogen-bond donors (Lipinski definition) is 2. The van der Waals surface area contributed by atoms with E-state index in [9.17, 15) is 24.0 Å². The van der Waals surface area contributed by atoms with Crippen LogP contribution in [0.3, 0.4) is 0 Å². The minimum Gasteiger partial charge on any atom is -0.464 e. The van der Waals surface area contributed by atoms with Crippen molar-refractivity contribution in [1.29, 1.82) is 0 Å². The first kappa shape index (κ1) is 40.4. The molecular formula is C40H58N4O8. The van der Waals surface area contributed by atoms with Crippen LogP contribution in [0.2, 0.25) is 0 Å². The van der Waals surface area contributed by atoms with E-state index in [-0.39, 0.29) is 18.4 Å². The lowest BCUT2D eigenvalue weighted by Gasteiger charge is -2.38. The number of likely N-dealkylation sites (tertiary alicyclic amines) is 1. The summed E-state index contributed by atoms with van der Waals surface area (Å²) in [5.74, 6) is -1.09. The van der Waals surface area contributed by atoms with Gasteiger partial charge < -0.3 is 29.4 Å². The molecule has 12 nitrogen and oxygen atoms in total. The summed E-state index contributed by atoms with van der Waals surface area (Å²) in [5.41, 5.74) is 0.0795. The number of carbonyl (C=O) groups is 5. The molecule has 1 aliphatic carbocycles. The van der Waals surface area contributed by atoms with Gasteiger partial charge in [-0.1, -0.05) is 69.9 Å². The van der Waals surface area contributed by atoms with Gasteiger partial charge in [-0.05, 0) is 89.8 Å². The topological polar surface area (TPSA) is 147 Å². The van der Waals surface area contributed by atoms with E-state index in [1.807, 2.05) is 63.2 Å². The number of aryl methyl sites for hydroxylation is 1. The SMILES string of the molecule is CC[C@H](C)[C@H](NC(=O)[C@@H]1CC[C@H](c2ccc(C)o2)N1C(=O)[C@@H](NC(=O)[C@H](C)N(C)C(=O)OC(C)(C)C)C1CCCCC1)C(=O)OCc1ccccc1. The number of nitrogens with one attached hydrogen (secondary N) is 2. The highest BCUT2D eigenvalue weighted by molar-refractivity contribution is 5.95. The zero-order valence-electron chi connectivity index (χ0n) is 32.1. The van der Waals surface area contributed by atoms with Crippen molar-refractivity contribution in [2.75, 3.05) is 7.05 Å².